The largest absolute Gasteiger partial charge is 0.546 e. The first-order valence-electron chi connectivity index (χ1n) is 13.8. The molecule has 0 amide bonds. The number of likely N-dealkylation sites (tertiary alicyclic amines) is 1. The summed E-state index contributed by atoms with van der Waals surface area (Å²) in [5.41, 5.74) is 3.93. The van der Waals surface area contributed by atoms with E-state index in [4.69, 9.17) is 18.6 Å². The van der Waals surface area contributed by atoms with Crippen LogP contribution < -0.4 is 13.9 Å². The summed E-state index contributed by atoms with van der Waals surface area (Å²) >= 11 is 0. The number of ether oxygens (including phenoxy) is 3. The van der Waals surface area contributed by atoms with E-state index in [1.165, 1.54) is 11.1 Å². The first kappa shape index (κ1) is 25.5. The minimum Gasteiger partial charge on any atom is -0.546 e. The Morgan fingerprint density at radius 2 is 1.92 bits per heavy atom. The summed E-state index contributed by atoms with van der Waals surface area (Å²) in [6, 6.07) is 10.5. The van der Waals surface area contributed by atoms with E-state index in [1.807, 2.05) is 24.3 Å². The molecule has 7 heteroatoms. The second kappa shape index (κ2) is 8.88. The van der Waals surface area contributed by atoms with Gasteiger partial charge in [0.15, 0.2) is 17.6 Å². The van der Waals surface area contributed by atoms with Gasteiger partial charge in [0.2, 0.25) is 9.04 Å². The van der Waals surface area contributed by atoms with Gasteiger partial charge in [-0.05, 0) is 80.3 Å². The highest BCUT2D eigenvalue weighted by Crippen LogP contribution is 2.62. The first-order valence-corrected chi connectivity index (χ1v) is 16.6. The average molecular weight is 534 g/mol. The van der Waals surface area contributed by atoms with Gasteiger partial charge < -0.3 is 23.5 Å². The van der Waals surface area contributed by atoms with E-state index in [2.05, 4.69) is 64.0 Å². The standard InChI is InChI=1S/C31H39NO5Si/c1-30(2,3)19-9-10-20(25(17-19)37-38(6)7)29(33)35-24-13-11-21-22-16-18-8-12-23(34-5)27-26(18)31(21,28(24)36-27)14-15-32(22)4/h8-13,17,21-22,24,28,38H,14-16H2,1-7H3/t21-,22+,24-,28-,31-/m0/s1. The van der Waals surface area contributed by atoms with E-state index in [0.29, 0.717) is 23.3 Å². The van der Waals surface area contributed by atoms with Gasteiger partial charge >= 0.3 is 5.97 Å². The number of esters is 1. The zero-order valence-corrected chi connectivity index (χ0v) is 24.7. The summed E-state index contributed by atoms with van der Waals surface area (Å²) in [5, 5.41) is 0. The van der Waals surface area contributed by atoms with Crippen molar-refractivity contribution in [3.63, 3.8) is 0 Å². The number of hydrogen-bond acceptors (Lipinski definition) is 6. The molecule has 2 aliphatic heterocycles. The molecule has 202 valence electrons. The van der Waals surface area contributed by atoms with Gasteiger partial charge in [-0.3, -0.25) is 0 Å². The Balaban J connectivity index is 1.38. The summed E-state index contributed by atoms with van der Waals surface area (Å²) in [6.07, 6.45) is 5.49. The molecule has 38 heavy (non-hydrogen) atoms. The Kier molecular flexibility index (Phi) is 5.96. The molecule has 5 atom stereocenters. The van der Waals surface area contributed by atoms with Crippen molar-refractivity contribution in [1.29, 1.82) is 0 Å². The molecule has 6 rings (SSSR count). The molecule has 1 saturated heterocycles. The number of benzene rings is 2. The number of rotatable bonds is 5. The van der Waals surface area contributed by atoms with Crippen molar-refractivity contribution in [2.45, 2.75) is 75.8 Å². The number of methoxy groups -OCH3 is 1. The molecule has 0 radical (unpaired) electrons. The molecule has 2 aliphatic carbocycles. The zero-order chi connectivity index (χ0) is 27.0. The fourth-order valence-corrected chi connectivity index (χ4v) is 7.87. The van der Waals surface area contributed by atoms with Gasteiger partial charge in [0.25, 0.3) is 0 Å². The van der Waals surface area contributed by atoms with Gasteiger partial charge in [-0.1, -0.05) is 39.0 Å². The molecule has 2 heterocycles. The molecule has 1 fully saturated rings. The van der Waals surface area contributed by atoms with Gasteiger partial charge in [0.1, 0.15) is 17.4 Å². The maximum atomic E-state index is 13.7. The molecule has 0 saturated carbocycles. The van der Waals surface area contributed by atoms with Gasteiger partial charge in [-0.15, -0.1) is 0 Å². The molecule has 0 unspecified atom stereocenters. The van der Waals surface area contributed by atoms with Crippen LogP contribution >= 0.6 is 0 Å². The summed E-state index contributed by atoms with van der Waals surface area (Å²) in [7, 11) is 2.46. The molecule has 4 aliphatic rings. The second-order valence-electron chi connectivity index (χ2n) is 12.6. The number of piperidine rings is 1. The van der Waals surface area contributed by atoms with E-state index in [9.17, 15) is 4.79 Å². The Bertz CT molecular complexity index is 1310. The van der Waals surface area contributed by atoms with Crippen molar-refractivity contribution < 1.29 is 23.4 Å². The number of likely N-dealkylation sites (N-methyl/N-ethyl adjacent to an activating group) is 1. The van der Waals surface area contributed by atoms with E-state index >= 15 is 0 Å². The minimum atomic E-state index is -1.45. The van der Waals surface area contributed by atoms with E-state index in [-0.39, 0.29) is 22.9 Å². The quantitative estimate of drug-likeness (QED) is 0.305. The predicted octanol–water partition coefficient (Wildman–Crippen LogP) is 5.03. The molecule has 1 spiro atoms. The normalized spacial score (nSPS) is 29.1. The van der Waals surface area contributed by atoms with Crippen LogP contribution in [0.2, 0.25) is 13.1 Å². The van der Waals surface area contributed by atoms with Crippen LogP contribution in [0.4, 0.5) is 0 Å². The third-order valence-electron chi connectivity index (χ3n) is 9.01. The lowest BCUT2D eigenvalue weighted by molar-refractivity contribution is -0.0556. The van der Waals surface area contributed by atoms with Crippen molar-refractivity contribution in [3.8, 4) is 17.2 Å². The van der Waals surface area contributed by atoms with Crippen molar-refractivity contribution in [2.24, 2.45) is 5.92 Å². The Hall–Kier alpha value is -2.77. The first-order chi connectivity index (χ1) is 18.0. The second-order valence-corrected chi connectivity index (χ2v) is 15.0. The van der Waals surface area contributed by atoms with Crippen LogP contribution in [0.1, 0.15) is 54.2 Å². The SMILES string of the molecule is COc1ccc2c3c1O[C@H]1[C@@H](OC(=O)c4ccc(C(C)(C)C)cc4O[SiH](C)C)C=C[C@H]4[C@@H](C2)N(C)CC[C@@]341. The number of carbonyl (C=O) groups excluding carboxylic acids is 1. The van der Waals surface area contributed by atoms with Crippen LogP contribution in [-0.4, -0.2) is 58.9 Å². The van der Waals surface area contributed by atoms with Gasteiger partial charge in [-0.25, -0.2) is 4.79 Å². The van der Waals surface area contributed by atoms with Gasteiger partial charge in [-0.2, -0.15) is 0 Å². The van der Waals surface area contributed by atoms with E-state index in [0.717, 1.165) is 36.4 Å². The molecule has 6 nitrogen and oxygen atoms in total. The molecule has 0 aromatic heterocycles. The smallest absolute Gasteiger partial charge is 0.342 e. The highest BCUT2D eigenvalue weighted by atomic mass is 28.3. The zero-order valence-electron chi connectivity index (χ0n) is 23.5. The molecule has 2 aromatic carbocycles. The lowest BCUT2D eigenvalue weighted by atomic mass is 9.53. The number of carbonyl (C=O) groups is 1. The van der Waals surface area contributed by atoms with Crippen LogP contribution in [0.5, 0.6) is 17.2 Å². The van der Waals surface area contributed by atoms with Crippen LogP contribution in [0.3, 0.4) is 0 Å². The molecular formula is C31H39NO5Si. The Labute approximate surface area is 227 Å². The fourth-order valence-electron chi connectivity index (χ4n) is 7.17. The summed E-state index contributed by atoms with van der Waals surface area (Å²) in [6.45, 7) is 11.7. The molecule has 0 N–H and O–H groups in total. The Morgan fingerprint density at radius 1 is 1.13 bits per heavy atom. The molecule has 2 aromatic rings. The van der Waals surface area contributed by atoms with Crippen LogP contribution in [-0.2, 0) is 22.0 Å². The van der Waals surface area contributed by atoms with Gasteiger partial charge in [0.05, 0.1) is 7.11 Å². The van der Waals surface area contributed by atoms with Crippen molar-refractivity contribution in [2.75, 3.05) is 20.7 Å². The van der Waals surface area contributed by atoms with Crippen molar-refractivity contribution in [3.05, 3.63) is 64.7 Å². The summed E-state index contributed by atoms with van der Waals surface area (Å²) < 4.78 is 25.0. The van der Waals surface area contributed by atoms with Gasteiger partial charge in [0, 0.05) is 22.9 Å². The third kappa shape index (κ3) is 3.73. The highest BCUT2D eigenvalue weighted by Gasteiger charge is 2.65. The predicted molar refractivity (Wildman–Crippen MR) is 150 cm³/mol. The molecule has 2 bridgehead atoms. The highest BCUT2D eigenvalue weighted by molar-refractivity contribution is 6.49. The molecular weight excluding hydrogens is 494 g/mol. The Morgan fingerprint density at radius 3 is 2.63 bits per heavy atom. The van der Waals surface area contributed by atoms with Crippen LogP contribution in [0.25, 0.3) is 0 Å². The lowest BCUT2D eigenvalue weighted by Crippen LogP contribution is -2.65. The maximum Gasteiger partial charge on any atom is 0.342 e. The number of nitrogens with zero attached hydrogens (tertiary/aromatic N) is 1. The van der Waals surface area contributed by atoms with Crippen LogP contribution in [0.15, 0.2) is 42.5 Å². The third-order valence-corrected chi connectivity index (χ3v) is 9.73. The van der Waals surface area contributed by atoms with E-state index in [1.54, 1.807) is 7.11 Å². The maximum absolute atomic E-state index is 13.7. The topological polar surface area (TPSA) is 57.2 Å². The fraction of sp³-hybridized carbons (Fsp3) is 0.516. The summed E-state index contributed by atoms with van der Waals surface area (Å²) in [4.78, 5) is 16.2. The summed E-state index contributed by atoms with van der Waals surface area (Å²) in [5.74, 6) is 2.14. The average Bonchev–Trinajstić information content (AvgIpc) is 3.21. The number of hydrogen-bond donors (Lipinski definition) is 0. The monoisotopic (exact) mass is 533 g/mol. The van der Waals surface area contributed by atoms with E-state index < -0.39 is 15.1 Å². The minimum absolute atomic E-state index is 0.0503. The van der Waals surface area contributed by atoms with Crippen LogP contribution in [0, 0.1) is 5.92 Å². The lowest BCUT2D eigenvalue weighted by Gasteiger charge is -2.56. The van der Waals surface area contributed by atoms with Crippen molar-refractivity contribution >= 4 is 15.0 Å². The van der Waals surface area contributed by atoms with Crippen molar-refractivity contribution in [1.82, 2.24) is 4.90 Å².